The van der Waals surface area contributed by atoms with Crippen molar-refractivity contribution in [2.45, 2.75) is 6.54 Å². The lowest BCUT2D eigenvalue weighted by molar-refractivity contribution is 0.0828. The summed E-state index contributed by atoms with van der Waals surface area (Å²) >= 11 is 6.00. The predicted octanol–water partition coefficient (Wildman–Crippen LogP) is 3.36. The molecule has 2 N–H and O–H groups in total. The van der Waals surface area contributed by atoms with E-state index in [9.17, 15) is 9.90 Å². The van der Waals surface area contributed by atoms with Crippen LogP contribution in [0.2, 0.25) is 5.02 Å². The molecule has 5 heteroatoms. The molecule has 0 aliphatic carbocycles. The fourth-order valence-corrected chi connectivity index (χ4v) is 2.13. The first-order valence-corrected chi connectivity index (χ1v) is 6.88. The van der Waals surface area contributed by atoms with E-state index in [2.05, 4.69) is 5.32 Å². The fraction of sp³-hybridized carbons (Fsp3) is 0.188. The minimum absolute atomic E-state index is 0.0925. The molecule has 110 valence electrons. The van der Waals surface area contributed by atoms with Crippen LogP contribution in [-0.4, -0.2) is 30.0 Å². The molecule has 21 heavy (non-hydrogen) atoms. The van der Waals surface area contributed by atoms with Crippen LogP contribution in [0.4, 0.5) is 5.69 Å². The van der Waals surface area contributed by atoms with E-state index < -0.39 is 0 Å². The SMILES string of the molecule is CN(C)C(=O)c1ccc(Cl)cc1NCc1cccc(O)c1. The number of halogens is 1. The van der Waals surface area contributed by atoms with E-state index in [1.54, 1.807) is 50.5 Å². The van der Waals surface area contributed by atoms with Gasteiger partial charge in [-0.2, -0.15) is 0 Å². The number of hydrogen-bond acceptors (Lipinski definition) is 3. The molecule has 0 aliphatic rings. The Morgan fingerprint density at radius 3 is 2.67 bits per heavy atom. The summed E-state index contributed by atoms with van der Waals surface area (Å²) in [6.07, 6.45) is 0. The summed E-state index contributed by atoms with van der Waals surface area (Å²) in [7, 11) is 3.41. The van der Waals surface area contributed by atoms with Crippen LogP contribution in [0.15, 0.2) is 42.5 Å². The molecule has 0 aliphatic heterocycles. The number of phenols is 1. The van der Waals surface area contributed by atoms with Gasteiger partial charge in [-0.25, -0.2) is 0 Å². The van der Waals surface area contributed by atoms with E-state index in [0.717, 1.165) is 5.56 Å². The largest absolute Gasteiger partial charge is 0.508 e. The average Bonchev–Trinajstić information content (AvgIpc) is 2.44. The number of anilines is 1. The zero-order valence-electron chi connectivity index (χ0n) is 11.9. The van der Waals surface area contributed by atoms with E-state index in [-0.39, 0.29) is 11.7 Å². The molecule has 0 bridgehead atoms. The molecule has 0 aromatic heterocycles. The van der Waals surface area contributed by atoms with Gasteiger partial charge in [0.1, 0.15) is 5.75 Å². The van der Waals surface area contributed by atoms with Crippen LogP contribution >= 0.6 is 11.6 Å². The monoisotopic (exact) mass is 304 g/mol. The second kappa shape index (κ2) is 6.50. The molecular weight excluding hydrogens is 288 g/mol. The summed E-state index contributed by atoms with van der Waals surface area (Å²) < 4.78 is 0. The Balaban J connectivity index is 2.22. The second-order valence-corrected chi connectivity index (χ2v) is 5.35. The molecule has 0 saturated heterocycles. The summed E-state index contributed by atoms with van der Waals surface area (Å²) in [6, 6.07) is 12.1. The molecule has 4 nitrogen and oxygen atoms in total. The van der Waals surface area contributed by atoms with Crippen LogP contribution in [0.1, 0.15) is 15.9 Å². The minimum atomic E-state index is -0.0925. The Morgan fingerprint density at radius 2 is 2.00 bits per heavy atom. The number of rotatable bonds is 4. The van der Waals surface area contributed by atoms with Crippen LogP contribution in [-0.2, 0) is 6.54 Å². The molecule has 0 heterocycles. The summed E-state index contributed by atoms with van der Waals surface area (Å²) in [5.74, 6) is 0.120. The van der Waals surface area contributed by atoms with Crippen LogP contribution < -0.4 is 5.32 Å². The first kappa shape index (κ1) is 15.2. The number of nitrogens with zero attached hydrogens (tertiary/aromatic N) is 1. The highest BCUT2D eigenvalue weighted by molar-refractivity contribution is 6.31. The van der Waals surface area contributed by atoms with Gasteiger partial charge in [0.15, 0.2) is 0 Å². The van der Waals surface area contributed by atoms with Gasteiger partial charge in [-0.3, -0.25) is 4.79 Å². The van der Waals surface area contributed by atoms with Crippen LogP contribution in [0.25, 0.3) is 0 Å². The average molecular weight is 305 g/mol. The van der Waals surface area contributed by atoms with Crippen molar-refractivity contribution < 1.29 is 9.90 Å². The van der Waals surface area contributed by atoms with E-state index >= 15 is 0 Å². The third-order valence-corrected chi connectivity index (χ3v) is 3.25. The summed E-state index contributed by atoms with van der Waals surface area (Å²) in [5.41, 5.74) is 2.15. The standard InChI is InChI=1S/C16H17ClN2O2/c1-19(2)16(21)14-7-6-12(17)9-15(14)18-10-11-4-3-5-13(20)8-11/h3-9,18,20H,10H2,1-2H3. The third-order valence-electron chi connectivity index (χ3n) is 3.01. The molecule has 0 unspecified atom stereocenters. The van der Waals surface area contributed by atoms with E-state index in [4.69, 9.17) is 11.6 Å². The van der Waals surface area contributed by atoms with Crippen molar-refractivity contribution in [1.82, 2.24) is 4.90 Å². The maximum atomic E-state index is 12.1. The number of hydrogen-bond donors (Lipinski definition) is 2. The van der Waals surface area contributed by atoms with Crippen LogP contribution in [0, 0.1) is 0 Å². The van der Waals surface area contributed by atoms with Gasteiger partial charge in [0, 0.05) is 31.4 Å². The Kier molecular flexibility index (Phi) is 4.70. The Labute approximate surface area is 129 Å². The van der Waals surface area contributed by atoms with Crippen molar-refractivity contribution in [2.75, 3.05) is 19.4 Å². The quantitative estimate of drug-likeness (QED) is 0.910. The highest BCUT2D eigenvalue weighted by Gasteiger charge is 2.13. The molecule has 0 spiro atoms. The van der Waals surface area contributed by atoms with Gasteiger partial charge in [0.05, 0.1) is 5.56 Å². The van der Waals surface area contributed by atoms with Gasteiger partial charge in [-0.1, -0.05) is 23.7 Å². The number of amides is 1. The minimum Gasteiger partial charge on any atom is -0.508 e. The predicted molar refractivity (Wildman–Crippen MR) is 84.9 cm³/mol. The fourth-order valence-electron chi connectivity index (χ4n) is 1.95. The molecule has 2 rings (SSSR count). The maximum absolute atomic E-state index is 12.1. The lowest BCUT2D eigenvalue weighted by Gasteiger charge is -2.16. The first-order valence-electron chi connectivity index (χ1n) is 6.50. The van der Waals surface area contributed by atoms with Crippen molar-refractivity contribution in [1.29, 1.82) is 0 Å². The highest BCUT2D eigenvalue weighted by atomic mass is 35.5. The molecular formula is C16H17ClN2O2. The Morgan fingerprint density at radius 1 is 1.24 bits per heavy atom. The zero-order chi connectivity index (χ0) is 15.4. The highest BCUT2D eigenvalue weighted by Crippen LogP contribution is 2.23. The van der Waals surface area contributed by atoms with Gasteiger partial charge in [0.25, 0.3) is 5.91 Å². The normalized spacial score (nSPS) is 10.2. The van der Waals surface area contributed by atoms with Crippen molar-refractivity contribution in [2.24, 2.45) is 0 Å². The molecule has 0 saturated carbocycles. The summed E-state index contributed by atoms with van der Waals surface area (Å²) in [6.45, 7) is 0.489. The van der Waals surface area contributed by atoms with E-state index in [1.165, 1.54) is 4.90 Å². The van der Waals surface area contributed by atoms with Gasteiger partial charge in [-0.05, 0) is 35.9 Å². The number of benzene rings is 2. The van der Waals surface area contributed by atoms with E-state index in [0.29, 0.717) is 22.8 Å². The molecule has 2 aromatic rings. The van der Waals surface area contributed by atoms with Gasteiger partial charge in [-0.15, -0.1) is 0 Å². The van der Waals surface area contributed by atoms with Crippen LogP contribution in [0.3, 0.4) is 0 Å². The topological polar surface area (TPSA) is 52.6 Å². The first-order chi connectivity index (χ1) is 9.97. The molecule has 2 aromatic carbocycles. The van der Waals surface area contributed by atoms with Gasteiger partial charge in [0.2, 0.25) is 0 Å². The number of aromatic hydroxyl groups is 1. The van der Waals surface area contributed by atoms with Crippen molar-refractivity contribution in [3.63, 3.8) is 0 Å². The van der Waals surface area contributed by atoms with Crippen molar-refractivity contribution >= 4 is 23.2 Å². The van der Waals surface area contributed by atoms with E-state index in [1.807, 2.05) is 6.07 Å². The summed E-state index contributed by atoms with van der Waals surface area (Å²) in [4.78, 5) is 13.7. The smallest absolute Gasteiger partial charge is 0.255 e. The number of phenolic OH excluding ortho intramolecular Hbond substituents is 1. The molecule has 0 fully saturated rings. The van der Waals surface area contributed by atoms with Crippen molar-refractivity contribution in [3.8, 4) is 5.75 Å². The van der Waals surface area contributed by atoms with Gasteiger partial charge < -0.3 is 15.3 Å². The van der Waals surface area contributed by atoms with Crippen molar-refractivity contribution in [3.05, 3.63) is 58.6 Å². The number of carbonyl (C=O) groups excluding carboxylic acids is 1. The molecule has 1 amide bonds. The lowest BCUT2D eigenvalue weighted by Crippen LogP contribution is -2.23. The maximum Gasteiger partial charge on any atom is 0.255 e. The van der Waals surface area contributed by atoms with Gasteiger partial charge >= 0.3 is 0 Å². The lowest BCUT2D eigenvalue weighted by atomic mass is 10.1. The zero-order valence-corrected chi connectivity index (χ0v) is 12.7. The van der Waals surface area contributed by atoms with Crippen LogP contribution in [0.5, 0.6) is 5.75 Å². The Hall–Kier alpha value is -2.20. The third kappa shape index (κ3) is 3.89. The Bertz CT molecular complexity index is 656. The summed E-state index contributed by atoms with van der Waals surface area (Å²) in [5, 5.41) is 13.2. The second-order valence-electron chi connectivity index (χ2n) is 4.91. The molecule has 0 atom stereocenters. The number of nitrogens with one attached hydrogen (secondary N) is 1. The molecule has 0 radical (unpaired) electrons. The number of carbonyl (C=O) groups is 1.